The van der Waals surface area contributed by atoms with Gasteiger partial charge in [-0.05, 0) is 25.0 Å². The van der Waals surface area contributed by atoms with E-state index in [-0.39, 0.29) is 5.91 Å². The molecular formula is C16H20N4O2. The van der Waals surface area contributed by atoms with Crippen molar-refractivity contribution < 1.29 is 9.21 Å². The van der Waals surface area contributed by atoms with Gasteiger partial charge in [-0.25, -0.2) is 0 Å². The van der Waals surface area contributed by atoms with Crippen molar-refractivity contribution in [2.24, 2.45) is 7.05 Å². The largest absolute Gasteiger partial charge is 0.468 e. The highest BCUT2D eigenvalue weighted by molar-refractivity contribution is 5.94. The first-order valence-electron chi connectivity index (χ1n) is 7.78. The molecule has 4 heterocycles. The number of likely N-dealkylation sites (tertiary alicyclic amines) is 2. The van der Waals surface area contributed by atoms with Gasteiger partial charge >= 0.3 is 0 Å². The van der Waals surface area contributed by atoms with Crippen molar-refractivity contribution in [2.45, 2.75) is 31.5 Å². The average molecular weight is 300 g/mol. The number of amides is 1. The average Bonchev–Trinajstić information content (AvgIpc) is 3.24. The van der Waals surface area contributed by atoms with Crippen LogP contribution in [-0.4, -0.2) is 50.7 Å². The Hall–Kier alpha value is -2.08. The number of furan rings is 1. The van der Waals surface area contributed by atoms with Gasteiger partial charge in [-0.15, -0.1) is 0 Å². The number of aryl methyl sites for hydroxylation is 1. The van der Waals surface area contributed by atoms with E-state index in [1.54, 1.807) is 23.3 Å². The first-order valence-corrected chi connectivity index (χ1v) is 7.78. The fraction of sp³-hybridized carbons (Fsp3) is 0.500. The fourth-order valence-corrected chi connectivity index (χ4v) is 3.82. The zero-order chi connectivity index (χ0) is 15.1. The molecule has 0 aromatic carbocycles. The molecule has 2 fully saturated rings. The summed E-state index contributed by atoms with van der Waals surface area (Å²) in [6, 6.07) is 4.71. The molecule has 0 N–H and O–H groups in total. The zero-order valence-corrected chi connectivity index (χ0v) is 12.7. The first kappa shape index (κ1) is 13.6. The molecular weight excluding hydrogens is 280 g/mol. The summed E-state index contributed by atoms with van der Waals surface area (Å²) in [7, 11) is 1.84. The molecule has 2 aromatic rings. The molecule has 0 aliphatic carbocycles. The monoisotopic (exact) mass is 300 g/mol. The minimum Gasteiger partial charge on any atom is -0.468 e. The summed E-state index contributed by atoms with van der Waals surface area (Å²) in [6.07, 6.45) is 7.25. The molecule has 1 amide bonds. The van der Waals surface area contributed by atoms with Crippen LogP contribution in [0, 0.1) is 0 Å². The van der Waals surface area contributed by atoms with Crippen LogP contribution in [0.1, 0.15) is 29.0 Å². The van der Waals surface area contributed by atoms with E-state index in [2.05, 4.69) is 10.00 Å². The summed E-state index contributed by atoms with van der Waals surface area (Å²) < 4.78 is 7.14. The van der Waals surface area contributed by atoms with Crippen molar-refractivity contribution in [1.29, 1.82) is 0 Å². The van der Waals surface area contributed by atoms with Crippen LogP contribution in [0.15, 0.2) is 35.2 Å². The van der Waals surface area contributed by atoms with Gasteiger partial charge in [0.25, 0.3) is 5.91 Å². The lowest BCUT2D eigenvalue weighted by Crippen LogP contribution is -2.39. The summed E-state index contributed by atoms with van der Waals surface area (Å²) in [4.78, 5) is 17.1. The van der Waals surface area contributed by atoms with E-state index in [4.69, 9.17) is 4.42 Å². The van der Waals surface area contributed by atoms with Crippen molar-refractivity contribution in [1.82, 2.24) is 19.6 Å². The van der Waals surface area contributed by atoms with Crippen molar-refractivity contribution in [3.05, 3.63) is 42.1 Å². The van der Waals surface area contributed by atoms with Gasteiger partial charge in [0.15, 0.2) is 0 Å². The normalized spacial score (nSPS) is 24.9. The highest BCUT2D eigenvalue weighted by atomic mass is 16.3. The van der Waals surface area contributed by atoms with Gasteiger partial charge in [0.05, 0.1) is 24.6 Å². The first-order chi connectivity index (χ1) is 10.7. The third-order valence-electron chi connectivity index (χ3n) is 4.84. The third-order valence-corrected chi connectivity index (χ3v) is 4.84. The van der Waals surface area contributed by atoms with Gasteiger partial charge in [-0.3, -0.25) is 14.4 Å². The number of carbonyl (C=O) groups excluding carboxylic acids is 1. The lowest BCUT2D eigenvalue weighted by atomic mass is 10.1. The summed E-state index contributed by atoms with van der Waals surface area (Å²) >= 11 is 0. The molecule has 6 nitrogen and oxygen atoms in total. The van der Waals surface area contributed by atoms with Crippen LogP contribution in [0.25, 0.3) is 0 Å². The van der Waals surface area contributed by atoms with Crippen LogP contribution >= 0.6 is 0 Å². The Balaban J connectivity index is 1.47. The molecule has 2 aromatic heterocycles. The highest BCUT2D eigenvalue weighted by Gasteiger charge is 2.44. The van der Waals surface area contributed by atoms with Crippen LogP contribution in [0.3, 0.4) is 0 Å². The maximum absolute atomic E-state index is 12.7. The van der Waals surface area contributed by atoms with E-state index < -0.39 is 0 Å². The summed E-state index contributed by atoms with van der Waals surface area (Å²) in [5.41, 5.74) is 0.688. The zero-order valence-electron chi connectivity index (χ0n) is 12.7. The second kappa shape index (κ2) is 5.28. The van der Waals surface area contributed by atoms with Crippen molar-refractivity contribution >= 4 is 5.91 Å². The van der Waals surface area contributed by atoms with E-state index in [1.165, 1.54) is 0 Å². The molecule has 0 radical (unpaired) electrons. The molecule has 2 aliphatic heterocycles. The molecule has 2 aliphatic rings. The predicted molar refractivity (Wildman–Crippen MR) is 80.2 cm³/mol. The Bertz CT molecular complexity index is 664. The van der Waals surface area contributed by atoms with Crippen molar-refractivity contribution in [3.8, 4) is 0 Å². The van der Waals surface area contributed by atoms with Gasteiger partial charge in [0.1, 0.15) is 5.76 Å². The molecule has 2 saturated heterocycles. The number of rotatable bonds is 3. The van der Waals surface area contributed by atoms with E-state index in [9.17, 15) is 4.79 Å². The molecule has 6 heteroatoms. The van der Waals surface area contributed by atoms with Gasteiger partial charge in [0, 0.05) is 38.4 Å². The highest BCUT2D eigenvalue weighted by Crippen LogP contribution is 2.33. The van der Waals surface area contributed by atoms with Crippen molar-refractivity contribution in [3.63, 3.8) is 0 Å². The van der Waals surface area contributed by atoms with Crippen LogP contribution in [-0.2, 0) is 13.6 Å². The molecule has 4 rings (SSSR count). The predicted octanol–water partition coefficient (Wildman–Crippen LogP) is 1.50. The second-order valence-electron chi connectivity index (χ2n) is 6.16. The minimum atomic E-state index is 0.112. The molecule has 0 bridgehead atoms. The SMILES string of the molecule is Cn1cc(C(=O)N2CC[C@@H]3[C@@H]2CCN3Cc2ccco2)cn1. The number of fused-ring (bicyclic) bond motifs is 1. The number of aromatic nitrogens is 2. The van der Waals surface area contributed by atoms with E-state index in [0.29, 0.717) is 17.6 Å². The topological polar surface area (TPSA) is 54.5 Å². The molecule has 22 heavy (non-hydrogen) atoms. The summed E-state index contributed by atoms with van der Waals surface area (Å²) in [6.45, 7) is 2.69. The smallest absolute Gasteiger partial charge is 0.257 e. The molecule has 116 valence electrons. The van der Waals surface area contributed by atoms with Gasteiger partial charge in [-0.2, -0.15) is 5.10 Å². The Morgan fingerprint density at radius 2 is 2.23 bits per heavy atom. The van der Waals surface area contributed by atoms with Gasteiger partial charge < -0.3 is 9.32 Å². The van der Waals surface area contributed by atoms with E-state index >= 15 is 0 Å². The maximum Gasteiger partial charge on any atom is 0.257 e. The van der Waals surface area contributed by atoms with E-state index in [0.717, 1.165) is 38.2 Å². The van der Waals surface area contributed by atoms with Crippen LogP contribution in [0.4, 0.5) is 0 Å². The van der Waals surface area contributed by atoms with E-state index in [1.807, 2.05) is 24.1 Å². The fourth-order valence-electron chi connectivity index (χ4n) is 3.82. The second-order valence-corrected chi connectivity index (χ2v) is 6.16. The molecule has 0 spiro atoms. The minimum absolute atomic E-state index is 0.112. The number of hydrogen-bond donors (Lipinski definition) is 0. The number of nitrogens with zero attached hydrogens (tertiary/aromatic N) is 4. The van der Waals surface area contributed by atoms with Crippen LogP contribution < -0.4 is 0 Å². The number of hydrogen-bond acceptors (Lipinski definition) is 4. The Morgan fingerprint density at radius 1 is 1.36 bits per heavy atom. The van der Waals surface area contributed by atoms with Gasteiger partial charge in [-0.1, -0.05) is 0 Å². The molecule has 0 unspecified atom stereocenters. The number of carbonyl (C=O) groups is 1. The Labute approximate surface area is 129 Å². The summed E-state index contributed by atoms with van der Waals surface area (Å²) in [5.74, 6) is 1.11. The quantitative estimate of drug-likeness (QED) is 0.862. The lowest BCUT2D eigenvalue weighted by molar-refractivity contribution is 0.0731. The van der Waals surface area contributed by atoms with Crippen LogP contribution in [0.2, 0.25) is 0 Å². The standard InChI is InChI=1S/C16H20N4O2/c1-18-10-12(9-17-18)16(21)20-7-5-14-15(20)4-6-19(14)11-13-3-2-8-22-13/h2-3,8-10,14-15H,4-7,11H2,1H3/t14-,15+/m1/s1. The Morgan fingerprint density at radius 3 is 2.95 bits per heavy atom. The van der Waals surface area contributed by atoms with Crippen LogP contribution in [0.5, 0.6) is 0 Å². The summed E-state index contributed by atoms with van der Waals surface area (Å²) in [5, 5.41) is 4.11. The Kier molecular flexibility index (Phi) is 3.26. The third kappa shape index (κ3) is 2.23. The molecule has 2 atom stereocenters. The molecule has 0 saturated carbocycles. The van der Waals surface area contributed by atoms with Crippen molar-refractivity contribution in [2.75, 3.05) is 13.1 Å². The maximum atomic E-state index is 12.7. The van der Waals surface area contributed by atoms with Gasteiger partial charge in [0.2, 0.25) is 0 Å². The lowest BCUT2D eigenvalue weighted by Gasteiger charge is -2.24.